The lowest BCUT2D eigenvalue weighted by Crippen LogP contribution is -2.35. The zero-order chi connectivity index (χ0) is 12.3. The zero-order valence-corrected chi connectivity index (χ0v) is 10.7. The Morgan fingerprint density at radius 2 is 2.18 bits per heavy atom. The highest BCUT2D eigenvalue weighted by Crippen LogP contribution is 2.26. The van der Waals surface area contributed by atoms with Gasteiger partial charge in [-0.05, 0) is 25.0 Å². The molecular weight excluding hydrogens is 238 g/mol. The van der Waals surface area contributed by atoms with E-state index in [1.807, 2.05) is 24.3 Å². The number of para-hydroxylation sites is 1. The smallest absolute Gasteiger partial charge is 0.211 e. The Morgan fingerprint density at radius 1 is 1.41 bits per heavy atom. The number of benzene rings is 1. The second-order valence-electron chi connectivity index (χ2n) is 4.24. The molecule has 1 heterocycles. The Labute approximate surface area is 102 Å². The minimum Gasteiger partial charge on any atom is -0.493 e. The monoisotopic (exact) mass is 255 g/mol. The van der Waals surface area contributed by atoms with E-state index >= 15 is 0 Å². The van der Waals surface area contributed by atoms with E-state index < -0.39 is 10.0 Å². The maximum absolute atomic E-state index is 11.3. The standard InChI is InChI=1S/C12H17NO3S/c1-2-17(14,15)13-8-10-7-11-5-3-4-6-12(11)16-9-10/h3-6,10,13H,2,7-9H2,1H3/t10-/m1/s1. The first-order valence-corrected chi connectivity index (χ1v) is 7.44. The maximum atomic E-state index is 11.3. The normalized spacial score (nSPS) is 19.5. The number of nitrogens with one attached hydrogen (secondary N) is 1. The van der Waals surface area contributed by atoms with Crippen LogP contribution in [0, 0.1) is 5.92 Å². The van der Waals surface area contributed by atoms with Crippen molar-refractivity contribution in [1.29, 1.82) is 0 Å². The highest BCUT2D eigenvalue weighted by Gasteiger charge is 2.20. The molecule has 1 aromatic rings. The molecule has 0 bridgehead atoms. The van der Waals surface area contributed by atoms with Gasteiger partial charge >= 0.3 is 0 Å². The molecular formula is C12H17NO3S. The van der Waals surface area contributed by atoms with Crippen LogP contribution in [0.3, 0.4) is 0 Å². The molecule has 5 heteroatoms. The molecule has 1 aliphatic rings. The Morgan fingerprint density at radius 3 is 2.94 bits per heavy atom. The van der Waals surface area contributed by atoms with Crippen molar-refractivity contribution in [1.82, 2.24) is 4.72 Å². The summed E-state index contributed by atoms with van der Waals surface area (Å²) in [5.41, 5.74) is 1.15. The predicted molar refractivity (Wildman–Crippen MR) is 66.6 cm³/mol. The molecule has 1 atom stereocenters. The summed E-state index contributed by atoms with van der Waals surface area (Å²) >= 11 is 0. The highest BCUT2D eigenvalue weighted by atomic mass is 32.2. The van der Waals surface area contributed by atoms with Crippen molar-refractivity contribution in [3.8, 4) is 5.75 Å². The lowest BCUT2D eigenvalue weighted by molar-refractivity contribution is 0.223. The SMILES string of the molecule is CCS(=O)(=O)NC[C@@H]1COc2ccccc2C1. The molecule has 0 saturated heterocycles. The molecule has 0 aliphatic carbocycles. The van der Waals surface area contributed by atoms with E-state index in [9.17, 15) is 8.42 Å². The number of rotatable bonds is 4. The number of fused-ring (bicyclic) bond motifs is 1. The average molecular weight is 255 g/mol. The van der Waals surface area contributed by atoms with Gasteiger partial charge in [0.2, 0.25) is 10.0 Å². The van der Waals surface area contributed by atoms with Crippen LogP contribution in [0.2, 0.25) is 0 Å². The second kappa shape index (κ2) is 5.06. The summed E-state index contributed by atoms with van der Waals surface area (Å²) in [5.74, 6) is 1.25. The molecule has 1 N–H and O–H groups in total. The quantitative estimate of drug-likeness (QED) is 0.879. The molecule has 0 amide bonds. The molecule has 0 unspecified atom stereocenters. The Bertz CT molecular complexity index is 484. The second-order valence-corrected chi connectivity index (χ2v) is 6.34. The Hall–Kier alpha value is -1.07. The van der Waals surface area contributed by atoms with Gasteiger partial charge in [0.25, 0.3) is 0 Å². The van der Waals surface area contributed by atoms with E-state index in [0.29, 0.717) is 13.2 Å². The molecule has 1 aliphatic heterocycles. The van der Waals surface area contributed by atoms with Crippen molar-refractivity contribution < 1.29 is 13.2 Å². The Balaban J connectivity index is 1.95. The number of ether oxygens (including phenoxy) is 1. The first-order valence-electron chi connectivity index (χ1n) is 5.79. The van der Waals surface area contributed by atoms with Gasteiger partial charge < -0.3 is 4.74 Å². The zero-order valence-electron chi connectivity index (χ0n) is 9.85. The van der Waals surface area contributed by atoms with Crippen LogP contribution in [0.15, 0.2) is 24.3 Å². The molecule has 4 nitrogen and oxygen atoms in total. The van der Waals surface area contributed by atoms with Gasteiger partial charge in [-0.3, -0.25) is 0 Å². The fraction of sp³-hybridized carbons (Fsp3) is 0.500. The van der Waals surface area contributed by atoms with Crippen LogP contribution >= 0.6 is 0 Å². The molecule has 0 aromatic heterocycles. The first-order chi connectivity index (χ1) is 8.11. The summed E-state index contributed by atoms with van der Waals surface area (Å²) in [6, 6.07) is 7.89. The molecule has 2 rings (SSSR count). The van der Waals surface area contributed by atoms with Gasteiger partial charge in [0, 0.05) is 12.5 Å². The number of sulfonamides is 1. The summed E-state index contributed by atoms with van der Waals surface area (Å²) in [6.07, 6.45) is 0.863. The van der Waals surface area contributed by atoms with Crippen molar-refractivity contribution in [3.63, 3.8) is 0 Å². The van der Waals surface area contributed by atoms with E-state index in [1.54, 1.807) is 6.92 Å². The van der Waals surface area contributed by atoms with E-state index in [2.05, 4.69) is 4.72 Å². The van der Waals surface area contributed by atoms with Gasteiger partial charge in [-0.15, -0.1) is 0 Å². The van der Waals surface area contributed by atoms with Gasteiger partial charge in [-0.25, -0.2) is 13.1 Å². The van der Waals surface area contributed by atoms with Crippen molar-refractivity contribution in [3.05, 3.63) is 29.8 Å². The third-order valence-corrected chi connectivity index (χ3v) is 4.29. The van der Waals surface area contributed by atoms with Gasteiger partial charge in [-0.2, -0.15) is 0 Å². The summed E-state index contributed by atoms with van der Waals surface area (Å²) in [5, 5.41) is 0. The van der Waals surface area contributed by atoms with Crippen LogP contribution in [-0.2, 0) is 16.4 Å². The first kappa shape index (κ1) is 12.4. The fourth-order valence-corrected chi connectivity index (χ4v) is 2.56. The number of hydrogen-bond acceptors (Lipinski definition) is 3. The van der Waals surface area contributed by atoms with Gasteiger partial charge in [-0.1, -0.05) is 18.2 Å². The van der Waals surface area contributed by atoms with E-state index in [-0.39, 0.29) is 11.7 Å². The summed E-state index contributed by atoms with van der Waals surface area (Å²) in [4.78, 5) is 0. The molecule has 0 spiro atoms. The molecule has 0 saturated carbocycles. The summed E-state index contributed by atoms with van der Waals surface area (Å²) < 4.78 is 30.9. The maximum Gasteiger partial charge on any atom is 0.211 e. The molecule has 1 aromatic carbocycles. The minimum atomic E-state index is -3.10. The van der Waals surface area contributed by atoms with Crippen LogP contribution in [0.1, 0.15) is 12.5 Å². The van der Waals surface area contributed by atoms with Crippen LogP contribution in [0.5, 0.6) is 5.75 Å². The largest absolute Gasteiger partial charge is 0.493 e. The van der Waals surface area contributed by atoms with Crippen LogP contribution in [0.4, 0.5) is 0 Å². The molecule has 17 heavy (non-hydrogen) atoms. The van der Waals surface area contributed by atoms with Crippen molar-refractivity contribution >= 4 is 10.0 Å². The van der Waals surface area contributed by atoms with Crippen LogP contribution < -0.4 is 9.46 Å². The van der Waals surface area contributed by atoms with Gasteiger partial charge in [0.15, 0.2) is 0 Å². The lowest BCUT2D eigenvalue weighted by Gasteiger charge is -2.25. The molecule has 94 valence electrons. The third-order valence-electron chi connectivity index (χ3n) is 2.93. The van der Waals surface area contributed by atoms with Gasteiger partial charge in [0.1, 0.15) is 5.75 Å². The topological polar surface area (TPSA) is 55.4 Å². The highest BCUT2D eigenvalue weighted by molar-refractivity contribution is 7.89. The molecule has 0 radical (unpaired) electrons. The predicted octanol–water partition coefficient (Wildman–Crippen LogP) is 1.18. The number of hydrogen-bond donors (Lipinski definition) is 1. The van der Waals surface area contributed by atoms with Crippen LogP contribution in [-0.4, -0.2) is 27.3 Å². The average Bonchev–Trinajstić information content (AvgIpc) is 2.36. The van der Waals surface area contributed by atoms with Gasteiger partial charge in [0.05, 0.1) is 12.4 Å². The van der Waals surface area contributed by atoms with E-state index in [4.69, 9.17) is 4.74 Å². The summed E-state index contributed by atoms with van der Waals surface area (Å²) in [7, 11) is -3.10. The van der Waals surface area contributed by atoms with Crippen molar-refractivity contribution in [2.75, 3.05) is 18.9 Å². The van der Waals surface area contributed by atoms with E-state index in [1.165, 1.54) is 0 Å². The minimum absolute atomic E-state index is 0.122. The van der Waals surface area contributed by atoms with E-state index in [0.717, 1.165) is 17.7 Å². The van der Waals surface area contributed by atoms with Crippen molar-refractivity contribution in [2.24, 2.45) is 5.92 Å². The van der Waals surface area contributed by atoms with Crippen molar-refractivity contribution in [2.45, 2.75) is 13.3 Å². The lowest BCUT2D eigenvalue weighted by atomic mass is 9.97. The van der Waals surface area contributed by atoms with Crippen LogP contribution in [0.25, 0.3) is 0 Å². The summed E-state index contributed by atoms with van der Waals surface area (Å²) in [6.45, 7) is 2.66. The molecule has 0 fully saturated rings. The third kappa shape index (κ3) is 3.20. The fourth-order valence-electron chi connectivity index (χ4n) is 1.87. The Kier molecular flexibility index (Phi) is 3.69.